The van der Waals surface area contributed by atoms with Gasteiger partial charge in [-0.1, -0.05) is 47.5 Å². The molecule has 0 heterocycles. The Labute approximate surface area is 158 Å². The number of nitrogens with one attached hydrogen (secondary N) is 2. The smallest absolute Gasteiger partial charge is 0.275 e. The van der Waals surface area contributed by atoms with E-state index in [0.717, 1.165) is 28.2 Å². The van der Waals surface area contributed by atoms with Crippen LogP contribution in [0.2, 0.25) is 10.0 Å². The number of carbonyl (C=O) groups excluding carboxylic acids is 1. The monoisotopic (exact) mass is 381 g/mol. The zero-order valence-corrected chi connectivity index (χ0v) is 16.0. The molecule has 0 spiro atoms. The lowest BCUT2D eigenvalue weighted by molar-refractivity contribution is -0.885. The van der Waals surface area contributed by atoms with Gasteiger partial charge in [-0.25, -0.2) is 0 Å². The van der Waals surface area contributed by atoms with E-state index < -0.39 is 0 Å². The highest BCUT2D eigenvalue weighted by Crippen LogP contribution is 2.20. The molecule has 0 saturated heterocycles. The molecule has 1 atom stereocenters. The Morgan fingerprint density at radius 3 is 2.64 bits per heavy atom. The Morgan fingerprint density at radius 1 is 1.16 bits per heavy atom. The van der Waals surface area contributed by atoms with Crippen molar-refractivity contribution < 1.29 is 14.4 Å². The first kappa shape index (κ1) is 19.6. The second-order valence-electron chi connectivity index (χ2n) is 5.96. The van der Waals surface area contributed by atoms with Crippen molar-refractivity contribution in [3.63, 3.8) is 0 Å². The van der Waals surface area contributed by atoms with Crippen molar-refractivity contribution in [2.24, 2.45) is 0 Å². The molecular formula is C19H23Cl2N2O2+. The van der Waals surface area contributed by atoms with Gasteiger partial charge in [0, 0.05) is 17.1 Å². The fraction of sp³-hybridized carbons (Fsp3) is 0.316. The molecule has 2 aromatic carbocycles. The van der Waals surface area contributed by atoms with Gasteiger partial charge in [0.1, 0.15) is 12.3 Å². The van der Waals surface area contributed by atoms with Gasteiger partial charge in [0.25, 0.3) is 5.91 Å². The van der Waals surface area contributed by atoms with Crippen LogP contribution in [0, 0.1) is 0 Å². The SMILES string of the molecule is COc1ccccc1CCNC(=O)C[NH+](C)Cc1ccc(Cl)cc1Cl. The molecular weight excluding hydrogens is 359 g/mol. The Balaban J connectivity index is 1.77. The van der Waals surface area contributed by atoms with Crippen LogP contribution in [-0.2, 0) is 17.8 Å². The van der Waals surface area contributed by atoms with Gasteiger partial charge in [-0.3, -0.25) is 4.79 Å². The predicted molar refractivity (Wildman–Crippen MR) is 102 cm³/mol. The minimum Gasteiger partial charge on any atom is -0.496 e. The van der Waals surface area contributed by atoms with Crippen LogP contribution in [0.25, 0.3) is 0 Å². The largest absolute Gasteiger partial charge is 0.496 e. The van der Waals surface area contributed by atoms with Gasteiger partial charge in [-0.15, -0.1) is 0 Å². The molecule has 0 fully saturated rings. The van der Waals surface area contributed by atoms with E-state index in [4.69, 9.17) is 27.9 Å². The van der Waals surface area contributed by atoms with E-state index in [0.29, 0.717) is 29.7 Å². The van der Waals surface area contributed by atoms with Gasteiger partial charge in [0.15, 0.2) is 6.54 Å². The third-order valence-electron chi connectivity index (χ3n) is 3.88. The standard InChI is InChI=1S/C19H22Cl2N2O2/c1-23(12-15-7-8-16(20)11-17(15)21)13-19(24)22-10-9-14-5-3-4-6-18(14)25-2/h3-8,11H,9-10,12-13H2,1-2H3,(H,22,24)/p+1. The molecule has 2 aromatic rings. The second kappa shape index (κ2) is 9.66. The zero-order valence-electron chi connectivity index (χ0n) is 14.4. The summed E-state index contributed by atoms with van der Waals surface area (Å²) in [7, 11) is 3.61. The van der Waals surface area contributed by atoms with Crippen LogP contribution in [-0.4, -0.2) is 33.2 Å². The quantitative estimate of drug-likeness (QED) is 0.736. The van der Waals surface area contributed by atoms with Crippen LogP contribution in [0.4, 0.5) is 0 Å². The van der Waals surface area contributed by atoms with Gasteiger partial charge in [-0.05, 0) is 30.2 Å². The summed E-state index contributed by atoms with van der Waals surface area (Å²) in [4.78, 5) is 13.2. The van der Waals surface area contributed by atoms with Crippen LogP contribution in [0.15, 0.2) is 42.5 Å². The van der Waals surface area contributed by atoms with E-state index in [-0.39, 0.29) is 5.91 Å². The molecule has 4 nitrogen and oxygen atoms in total. The van der Waals surface area contributed by atoms with Crippen molar-refractivity contribution in [3.05, 3.63) is 63.6 Å². The molecule has 0 bridgehead atoms. The molecule has 25 heavy (non-hydrogen) atoms. The van der Waals surface area contributed by atoms with Crippen molar-refractivity contribution in [1.82, 2.24) is 5.32 Å². The summed E-state index contributed by atoms with van der Waals surface area (Å²) in [5, 5.41) is 4.19. The maximum atomic E-state index is 12.1. The molecule has 2 rings (SSSR count). The molecule has 134 valence electrons. The Hall–Kier alpha value is -1.75. The maximum Gasteiger partial charge on any atom is 0.275 e. The van der Waals surface area contributed by atoms with Crippen LogP contribution in [0.1, 0.15) is 11.1 Å². The highest BCUT2D eigenvalue weighted by Gasteiger charge is 2.12. The third-order valence-corrected chi connectivity index (χ3v) is 4.47. The van der Waals surface area contributed by atoms with Crippen molar-refractivity contribution in [1.29, 1.82) is 0 Å². The molecule has 0 aliphatic carbocycles. The van der Waals surface area contributed by atoms with Gasteiger partial charge < -0.3 is 15.0 Å². The average molecular weight is 382 g/mol. The predicted octanol–water partition coefficient (Wildman–Crippen LogP) is 2.38. The van der Waals surface area contributed by atoms with Crippen LogP contribution < -0.4 is 15.0 Å². The Morgan fingerprint density at radius 2 is 1.92 bits per heavy atom. The molecule has 6 heteroatoms. The molecule has 1 amide bonds. The highest BCUT2D eigenvalue weighted by atomic mass is 35.5. The number of halogens is 2. The molecule has 0 aromatic heterocycles. The molecule has 2 N–H and O–H groups in total. The van der Waals surface area contributed by atoms with Crippen molar-refractivity contribution in [2.75, 3.05) is 27.2 Å². The van der Waals surface area contributed by atoms with E-state index >= 15 is 0 Å². The number of hydrogen-bond donors (Lipinski definition) is 2. The van der Waals surface area contributed by atoms with Gasteiger partial charge in [0.2, 0.25) is 0 Å². The molecule has 0 aliphatic heterocycles. The number of para-hydroxylation sites is 1. The molecule has 1 unspecified atom stereocenters. The van der Waals surface area contributed by atoms with Gasteiger partial charge >= 0.3 is 0 Å². The molecule has 0 radical (unpaired) electrons. The number of likely N-dealkylation sites (N-methyl/N-ethyl adjacent to an activating group) is 1. The van der Waals surface area contributed by atoms with E-state index in [9.17, 15) is 4.79 Å². The third kappa shape index (κ3) is 6.24. The lowest BCUT2D eigenvalue weighted by Crippen LogP contribution is -3.08. The fourth-order valence-electron chi connectivity index (χ4n) is 2.64. The maximum absolute atomic E-state index is 12.1. The lowest BCUT2D eigenvalue weighted by Gasteiger charge is -2.15. The topological polar surface area (TPSA) is 42.8 Å². The summed E-state index contributed by atoms with van der Waals surface area (Å²) in [6, 6.07) is 13.3. The van der Waals surface area contributed by atoms with E-state index in [1.807, 2.05) is 43.4 Å². The summed E-state index contributed by atoms with van der Waals surface area (Å²) in [5.74, 6) is 0.856. The van der Waals surface area contributed by atoms with Crippen molar-refractivity contribution >= 4 is 29.1 Å². The summed E-state index contributed by atoms with van der Waals surface area (Å²) in [6.07, 6.45) is 0.734. The fourth-order valence-corrected chi connectivity index (χ4v) is 3.11. The summed E-state index contributed by atoms with van der Waals surface area (Å²) in [5.41, 5.74) is 2.06. The minimum atomic E-state index is 0.0116. The van der Waals surface area contributed by atoms with E-state index in [1.54, 1.807) is 13.2 Å². The zero-order chi connectivity index (χ0) is 18.2. The Kier molecular flexibility index (Phi) is 7.56. The first-order valence-electron chi connectivity index (χ1n) is 8.13. The first-order chi connectivity index (χ1) is 12.0. The minimum absolute atomic E-state index is 0.0116. The van der Waals surface area contributed by atoms with Crippen molar-refractivity contribution in [2.45, 2.75) is 13.0 Å². The average Bonchev–Trinajstić information content (AvgIpc) is 2.58. The number of amides is 1. The number of benzene rings is 2. The number of carbonyl (C=O) groups is 1. The van der Waals surface area contributed by atoms with Crippen LogP contribution >= 0.6 is 23.2 Å². The summed E-state index contributed by atoms with van der Waals surface area (Å²) < 4.78 is 5.31. The summed E-state index contributed by atoms with van der Waals surface area (Å²) in [6.45, 7) is 1.62. The number of methoxy groups -OCH3 is 1. The lowest BCUT2D eigenvalue weighted by atomic mass is 10.1. The second-order valence-corrected chi connectivity index (χ2v) is 6.80. The Bertz CT molecular complexity index is 722. The number of quaternary nitrogens is 1. The van der Waals surface area contributed by atoms with E-state index in [2.05, 4.69) is 5.32 Å². The summed E-state index contributed by atoms with van der Waals surface area (Å²) >= 11 is 12.1. The van der Waals surface area contributed by atoms with Crippen molar-refractivity contribution in [3.8, 4) is 5.75 Å². The first-order valence-corrected chi connectivity index (χ1v) is 8.89. The van der Waals surface area contributed by atoms with Gasteiger partial charge in [0.05, 0.1) is 19.2 Å². The normalized spacial score (nSPS) is 11.8. The van der Waals surface area contributed by atoms with Crippen LogP contribution in [0.3, 0.4) is 0 Å². The molecule has 0 saturated carbocycles. The van der Waals surface area contributed by atoms with Crippen LogP contribution in [0.5, 0.6) is 5.75 Å². The number of ether oxygens (including phenoxy) is 1. The number of hydrogen-bond acceptors (Lipinski definition) is 2. The number of rotatable bonds is 8. The van der Waals surface area contributed by atoms with E-state index in [1.165, 1.54) is 0 Å². The molecule has 0 aliphatic rings. The highest BCUT2D eigenvalue weighted by molar-refractivity contribution is 6.35. The van der Waals surface area contributed by atoms with Gasteiger partial charge in [-0.2, -0.15) is 0 Å².